The molecule has 18 heavy (non-hydrogen) atoms. The molecule has 2 heterocycles. The predicted octanol–water partition coefficient (Wildman–Crippen LogP) is 2.82. The van der Waals surface area contributed by atoms with Crippen molar-refractivity contribution in [2.24, 2.45) is 0 Å². The van der Waals surface area contributed by atoms with Gasteiger partial charge < -0.3 is 10.1 Å². The molecular weight excluding hydrogens is 222 g/mol. The van der Waals surface area contributed by atoms with Crippen molar-refractivity contribution < 1.29 is 0 Å². The third-order valence-corrected chi connectivity index (χ3v) is 3.15. The minimum Gasteiger partial charge on any atom is -0.398 e. The predicted molar refractivity (Wildman–Crippen MR) is 73.6 cm³/mol. The number of fused-ring (bicyclic) bond motifs is 1. The molecule has 0 spiro atoms. The molecule has 0 aliphatic rings. The quantitative estimate of drug-likeness (QED) is 0.744. The van der Waals surface area contributed by atoms with Crippen LogP contribution in [0.1, 0.15) is 17.0 Å². The fraction of sp³-hybridized carbons (Fsp3) is 0.133. The highest BCUT2D eigenvalue weighted by Gasteiger charge is 2.09. The van der Waals surface area contributed by atoms with Gasteiger partial charge >= 0.3 is 0 Å². The van der Waals surface area contributed by atoms with E-state index in [1.165, 1.54) is 11.3 Å². The summed E-state index contributed by atoms with van der Waals surface area (Å²) in [4.78, 5) is 4.56. The van der Waals surface area contributed by atoms with E-state index >= 15 is 0 Å². The van der Waals surface area contributed by atoms with Crippen molar-refractivity contribution in [3.63, 3.8) is 0 Å². The summed E-state index contributed by atoms with van der Waals surface area (Å²) in [5.41, 5.74) is 11.1. The number of imidazole rings is 1. The lowest BCUT2D eigenvalue weighted by molar-refractivity contribution is 1.01. The number of nitrogen functional groups attached to an aromatic ring is 1. The van der Waals surface area contributed by atoms with Gasteiger partial charge in [-0.3, -0.25) is 0 Å². The average molecular weight is 237 g/mol. The molecule has 3 aromatic rings. The lowest BCUT2D eigenvalue weighted by Crippen LogP contribution is -1.97. The Morgan fingerprint density at radius 3 is 2.67 bits per heavy atom. The largest absolute Gasteiger partial charge is 0.398 e. The SMILES string of the molecule is Cc1nc2ccc(N)cn2c1Cc1ccccc1. The van der Waals surface area contributed by atoms with E-state index in [0.29, 0.717) is 0 Å². The normalized spacial score (nSPS) is 10.9. The van der Waals surface area contributed by atoms with E-state index in [0.717, 1.165) is 23.4 Å². The van der Waals surface area contributed by atoms with Gasteiger partial charge in [-0.1, -0.05) is 30.3 Å². The van der Waals surface area contributed by atoms with Gasteiger partial charge in [0.15, 0.2) is 0 Å². The molecule has 3 rings (SSSR count). The van der Waals surface area contributed by atoms with Crippen LogP contribution in [0.5, 0.6) is 0 Å². The number of anilines is 1. The molecule has 0 aliphatic carbocycles. The Balaban J connectivity index is 2.11. The van der Waals surface area contributed by atoms with Crippen LogP contribution in [-0.4, -0.2) is 9.38 Å². The van der Waals surface area contributed by atoms with E-state index in [1.54, 1.807) is 0 Å². The molecule has 0 bridgehead atoms. The Labute approximate surface area is 106 Å². The molecule has 0 fully saturated rings. The van der Waals surface area contributed by atoms with Gasteiger partial charge in [-0.25, -0.2) is 4.98 Å². The molecule has 0 unspecified atom stereocenters. The summed E-state index contributed by atoms with van der Waals surface area (Å²) in [5.74, 6) is 0. The van der Waals surface area contributed by atoms with Gasteiger partial charge in [-0.05, 0) is 24.6 Å². The zero-order chi connectivity index (χ0) is 12.5. The Bertz CT molecular complexity index is 684. The van der Waals surface area contributed by atoms with Gasteiger partial charge in [-0.2, -0.15) is 0 Å². The smallest absolute Gasteiger partial charge is 0.137 e. The van der Waals surface area contributed by atoms with Crippen LogP contribution >= 0.6 is 0 Å². The first kappa shape index (κ1) is 10.8. The van der Waals surface area contributed by atoms with Crippen LogP contribution in [0.2, 0.25) is 0 Å². The second-order valence-electron chi connectivity index (χ2n) is 4.50. The summed E-state index contributed by atoms with van der Waals surface area (Å²) >= 11 is 0. The Kier molecular flexibility index (Phi) is 2.52. The van der Waals surface area contributed by atoms with E-state index in [9.17, 15) is 0 Å². The highest BCUT2D eigenvalue weighted by molar-refractivity contribution is 5.50. The standard InChI is InChI=1S/C15H15N3/c1-11-14(9-12-5-3-2-4-6-12)18-10-13(16)7-8-15(18)17-11/h2-8,10H,9,16H2,1H3. The number of aromatic nitrogens is 2. The fourth-order valence-electron chi connectivity index (χ4n) is 2.23. The molecule has 2 aromatic heterocycles. The van der Waals surface area contributed by atoms with Crippen LogP contribution in [0, 0.1) is 6.92 Å². The fourth-order valence-corrected chi connectivity index (χ4v) is 2.23. The van der Waals surface area contributed by atoms with Gasteiger partial charge in [-0.15, -0.1) is 0 Å². The number of hydrogen-bond donors (Lipinski definition) is 1. The van der Waals surface area contributed by atoms with Gasteiger partial charge in [0.2, 0.25) is 0 Å². The number of rotatable bonds is 2. The zero-order valence-corrected chi connectivity index (χ0v) is 10.3. The van der Waals surface area contributed by atoms with Crippen molar-refractivity contribution in [2.75, 3.05) is 5.73 Å². The first-order valence-corrected chi connectivity index (χ1v) is 6.01. The van der Waals surface area contributed by atoms with E-state index < -0.39 is 0 Å². The number of benzene rings is 1. The molecular formula is C15H15N3. The van der Waals surface area contributed by atoms with E-state index in [-0.39, 0.29) is 0 Å². The highest BCUT2D eigenvalue weighted by Crippen LogP contribution is 2.17. The van der Waals surface area contributed by atoms with Gasteiger partial charge in [0.1, 0.15) is 5.65 Å². The van der Waals surface area contributed by atoms with Gasteiger partial charge in [0.05, 0.1) is 5.69 Å². The van der Waals surface area contributed by atoms with Crippen molar-refractivity contribution >= 4 is 11.3 Å². The third kappa shape index (κ3) is 1.84. The van der Waals surface area contributed by atoms with Crippen molar-refractivity contribution in [2.45, 2.75) is 13.3 Å². The van der Waals surface area contributed by atoms with Gasteiger partial charge in [0, 0.05) is 24.0 Å². The summed E-state index contributed by atoms with van der Waals surface area (Å²) in [5, 5.41) is 0. The molecule has 0 saturated heterocycles. The molecule has 3 nitrogen and oxygen atoms in total. The Morgan fingerprint density at radius 1 is 1.11 bits per heavy atom. The summed E-state index contributed by atoms with van der Waals surface area (Å²) in [6, 6.07) is 14.2. The van der Waals surface area contributed by atoms with Crippen LogP contribution in [0.4, 0.5) is 5.69 Å². The van der Waals surface area contributed by atoms with Crippen molar-refractivity contribution in [1.29, 1.82) is 0 Å². The molecule has 0 atom stereocenters. The molecule has 3 heteroatoms. The van der Waals surface area contributed by atoms with Crippen LogP contribution in [0.3, 0.4) is 0 Å². The maximum atomic E-state index is 5.85. The number of nitrogens with zero attached hydrogens (tertiary/aromatic N) is 2. The third-order valence-electron chi connectivity index (χ3n) is 3.15. The molecule has 1 aromatic carbocycles. The summed E-state index contributed by atoms with van der Waals surface area (Å²) < 4.78 is 2.08. The summed E-state index contributed by atoms with van der Waals surface area (Å²) in [6.07, 6.45) is 2.81. The molecule has 0 saturated carbocycles. The van der Waals surface area contributed by atoms with Crippen LogP contribution < -0.4 is 5.73 Å². The van der Waals surface area contributed by atoms with E-state index in [4.69, 9.17) is 5.73 Å². The monoisotopic (exact) mass is 237 g/mol. The van der Waals surface area contributed by atoms with Crippen molar-refractivity contribution in [3.8, 4) is 0 Å². The Hall–Kier alpha value is -2.29. The average Bonchev–Trinajstić information content (AvgIpc) is 2.67. The number of pyridine rings is 1. The minimum absolute atomic E-state index is 0.759. The first-order chi connectivity index (χ1) is 8.74. The van der Waals surface area contributed by atoms with Gasteiger partial charge in [0.25, 0.3) is 0 Å². The minimum atomic E-state index is 0.759. The lowest BCUT2D eigenvalue weighted by Gasteiger charge is -2.04. The number of nitrogens with two attached hydrogens (primary N) is 1. The number of aryl methyl sites for hydroxylation is 1. The molecule has 2 N–H and O–H groups in total. The van der Waals surface area contributed by atoms with Crippen LogP contribution in [0.15, 0.2) is 48.7 Å². The lowest BCUT2D eigenvalue weighted by atomic mass is 10.1. The topological polar surface area (TPSA) is 43.3 Å². The van der Waals surface area contributed by atoms with Crippen molar-refractivity contribution in [1.82, 2.24) is 9.38 Å². The first-order valence-electron chi connectivity index (χ1n) is 6.01. The molecule has 90 valence electrons. The highest BCUT2D eigenvalue weighted by atomic mass is 15.0. The van der Waals surface area contributed by atoms with Crippen LogP contribution in [-0.2, 0) is 6.42 Å². The van der Waals surface area contributed by atoms with Crippen molar-refractivity contribution in [3.05, 3.63) is 65.6 Å². The summed E-state index contributed by atoms with van der Waals surface area (Å²) in [7, 11) is 0. The zero-order valence-electron chi connectivity index (χ0n) is 10.3. The van der Waals surface area contributed by atoms with Crippen LogP contribution in [0.25, 0.3) is 5.65 Å². The number of hydrogen-bond acceptors (Lipinski definition) is 2. The molecule has 0 amide bonds. The second-order valence-corrected chi connectivity index (χ2v) is 4.50. The Morgan fingerprint density at radius 2 is 1.89 bits per heavy atom. The maximum Gasteiger partial charge on any atom is 0.137 e. The van der Waals surface area contributed by atoms with E-state index in [2.05, 4.69) is 33.7 Å². The molecule has 0 radical (unpaired) electrons. The molecule has 0 aliphatic heterocycles. The summed E-state index contributed by atoms with van der Waals surface area (Å²) in [6.45, 7) is 2.04. The van der Waals surface area contributed by atoms with E-state index in [1.807, 2.05) is 31.3 Å². The maximum absolute atomic E-state index is 5.85. The second kappa shape index (κ2) is 4.18.